The fraction of sp³-hybridized carbons (Fsp3) is 0.316. The molecule has 8 nitrogen and oxygen atoms in total. The summed E-state index contributed by atoms with van der Waals surface area (Å²) in [6, 6.07) is 5.91. The molecular formula is C19H20N6O2S. The van der Waals surface area contributed by atoms with Crippen LogP contribution in [0, 0.1) is 11.3 Å². The summed E-state index contributed by atoms with van der Waals surface area (Å²) in [5, 5.41) is 10.3. The lowest BCUT2D eigenvalue weighted by Crippen LogP contribution is -2.52. The predicted octanol–water partition coefficient (Wildman–Crippen LogP) is 1.68. The Balaban J connectivity index is 1.62. The first-order valence-corrected chi connectivity index (χ1v) is 10.7. The number of piperazine rings is 1. The lowest BCUT2D eigenvalue weighted by molar-refractivity contribution is 0.262. The Kier molecular flexibility index (Phi) is 4.75. The molecule has 0 aromatic carbocycles. The van der Waals surface area contributed by atoms with Crippen LogP contribution < -0.4 is 4.90 Å². The molecule has 144 valence electrons. The molecule has 0 bridgehead atoms. The summed E-state index contributed by atoms with van der Waals surface area (Å²) in [5.41, 5.74) is 2.66. The molecule has 28 heavy (non-hydrogen) atoms. The molecule has 3 aromatic rings. The third-order valence-electron chi connectivity index (χ3n) is 5.06. The average Bonchev–Trinajstić information content (AvgIpc) is 3.17. The quantitative estimate of drug-likeness (QED) is 0.654. The van der Waals surface area contributed by atoms with E-state index in [0.29, 0.717) is 26.2 Å². The van der Waals surface area contributed by atoms with Crippen molar-refractivity contribution in [2.75, 3.05) is 36.8 Å². The number of sulfone groups is 1. The molecule has 4 rings (SSSR count). The van der Waals surface area contributed by atoms with Crippen LogP contribution in [-0.2, 0) is 9.84 Å². The molecule has 0 spiro atoms. The van der Waals surface area contributed by atoms with Crippen LogP contribution in [0.15, 0.2) is 43.4 Å². The van der Waals surface area contributed by atoms with Crippen LogP contribution in [0.2, 0.25) is 0 Å². The monoisotopic (exact) mass is 396 g/mol. The number of rotatable bonds is 5. The van der Waals surface area contributed by atoms with Gasteiger partial charge in [0.15, 0.2) is 9.84 Å². The van der Waals surface area contributed by atoms with Crippen molar-refractivity contribution in [3.05, 3.63) is 43.4 Å². The van der Waals surface area contributed by atoms with Gasteiger partial charge in [0.2, 0.25) is 5.37 Å². The summed E-state index contributed by atoms with van der Waals surface area (Å²) >= 11 is 0. The van der Waals surface area contributed by atoms with E-state index in [2.05, 4.69) is 26.4 Å². The van der Waals surface area contributed by atoms with Gasteiger partial charge in [-0.25, -0.2) is 13.4 Å². The molecule has 1 aliphatic heterocycles. The molecule has 9 heteroatoms. The first-order chi connectivity index (χ1) is 13.5. The van der Waals surface area contributed by atoms with Gasteiger partial charge in [0.05, 0.1) is 23.5 Å². The molecule has 1 fully saturated rings. The third kappa shape index (κ3) is 3.10. The number of fused-ring (bicyclic) bond motifs is 3. The van der Waals surface area contributed by atoms with Gasteiger partial charge in [0.25, 0.3) is 0 Å². The summed E-state index contributed by atoms with van der Waals surface area (Å²) < 4.78 is 24.7. The summed E-state index contributed by atoms with van der Waals surface area (Å²) in [4.78, 5) is 15.9. The Hall–Kier alpha value is -2.96. The molecule has 0 aliphatic carbocycles. The van der Waals surface area contributed by atoms with E-state index in [9.17, 15) is 13.7 Å². The van der Waals surface area contributed by atoms with Crippen molar-refractivity contribution in [1.29, 1.82) is 5.26 Å². The van der Waals surface area contributed by atoms with Gasteiger partial charge >= 0.3 is 0 Å². The standard InChI is InChI=1S/C19H20N6O2S/c1-2-11-28(26,27)17(12-20)25-9-7-24(8-10-25)16-4-6-21-15-13-23-19-14(18(15)16)3-5-22-19/h2-6,13,17H,1,7-11H2,(H,22,23). The Morgan fingerprint density at radius 1 is 1.29 bits per heavy atom. The molecular weight excluding hydrogens is 376 g/mol. The maximum Gasteiger partial charge on any atom is 0.201 e. The highest BCUT2D eigenvalue weighted by Crippen LogP contribution is 2.31. The topological polar surface area (TPSA) is 106 Å². The second-order valence-corrected chi connectivity index (χ2v) is 8.82. The minimum Gasteiger partial charge on any atom is -0.368 e. The van der Waals surface area contributed by atoms with Gasteiger partial charge < -0.3 is 9.88 Å². The lowest BCUT2D eigenvalue weighted by atomic mass is 10.1. The first-order valence-electron chi connectivity index (χ1n) is 8.97. The summed E-state index contributed by atoms with van der Waals surface area (Å²) in [5.74, 6) is -0.196. The Bertz CT molecular complexity index is 1170. The maximum atomic E-state index is 12.3. The fourth-order valence-electron chi connectivity index (χ4n) is 3.74. The number of aromatic nitrogens is 3. The SMILES string of the molecule is C=CCS(=O)(=O)C(C#N)N1CCN(c2ccnc3cnc4[nH]ccc4c23)CC1. The molecule has 4 heterocycles. The zero-order valence-electron chi connectivity index (χ0n) is 15.2. The number of aromatic amines is 1. The number of anilines is 1. The average molecular weight is 396 g/mol. The van der Waals surface area contributed by atoms with Crippen LogP contribution in [0.3, 0.4) is 0 Å². The van der Waals surface area contributed by atoms with Gasteiger partial charge in [-0.05, 0) is 12.1 Å². The predicted molar refractivity (Wildman–Crippen MR) is 109 cm³/mol. The highest BCUT2D eigenvalue weighted by molar-refractivity contribution is 7.92. The van der Waals surface area contributed by atoms with Gasteiger partial charge in [0.1, 0.15) is 5.65 Å². The molecule has 1 saturated heterocycles. The number of H-pyrrole nitrogens is 1. The first kappa shape index (κ1) is 18.4. The number of nitriles is 1. The van der Waals surface area contributed by atoms with E-state index < -0.39 is 15.2 Å². The second-order valence-electron chi connectivity index (χ2n) is 6.71. The molecule has 0 amide bonds. The van der Waals surface area contributed by atoms with Crippen molar-refractivity contribution < 1.29 is 8.42 Å². The molecule has 1 atom stereocenters. The summed E-state index contributed by atoms with van der Waals surface area (Å²) in [6.45, 7) is 5.69. The number of nitrogens with zero attached hydrogens (tertiary/aromatic N) is 5. The van der Waals surface area contributed by atoms with Crippen molar-refractivity contribution in [1.82, 2.24) is 19.9 Å². The molecule has 0 saturated carbocycles. The normalized spacial score (nSPS) is 16.9. The highest BCUT2D eigenvalue weighted by Gasteiger charge is 2.33. The maximum absolute atomic E-state index is 12.3. The summed E-state index contributed by atoms with van der Waals surface area (Å²) in [7, 11) is -3.55. The number of hydrogen-bond acceptors (Lipinski definition) is 7. The van der Waals surface area contributed by atoms with Gasteiger partial charge in [-0.3, -0.25) is 9.88 Å². The molecule has 3 aromatic heterocycles. The Morgan fingerprint density at radius 2 is 2.07 bits per heavy atom. The van der Waals surface area contributed by atoms with Crippen LogP contribution in [0.25, 0.3) is 21.9 Å². The van der Waals surface area contributed by atoms with Crippen LogP contribution in [-0.4, -0.2) is 65.6 Å². The van der Waals surface area contributed by atoms with Gasteiger partial charge in [-0.15, -0.1) is 6.58 Å². The zero-order valence-corrected chi connectivity index (χ0v) is 16.1. The Labute approximate surface area is 163 Å². The van der Waals surface area contributed by atoms with Crippen LogP contribution in [0.1, 0.15) is 0 Å². The minimum atomic E-state index is -3.55. The highest BCUT2D eigenvalue weighted by atomic mass is 32.2. The molecule has 1 N–H and O–H groups in total. The van der Waals surface area contributed by atoms with Crippen molar-refractivity contribution >= 4 is 37.5 Å². The molecule has 1 aliphatic rings. The van der Waals surface area contributed by atoms with E-state index in [1.807, 2.05) is 24.4 Å². The van der Waals surface area contributed by atoms with Crippen molar-refractivity contribution in [3.63, 3.8) is 0 Å². The van der Waals surface area contributed by atoms with E-state index in [1.165, 1.54) is 6.08 Å². The van der Waals surface area contributed by atoms with E-state index in [1.54, 1.807) is 17.3 Å². The molecule has 0 radical (unpaired) electrons. The van der Waals surface area contributed by atoms with E-state index >= 15 is 0 Å². The van der Waals surface area contributed by atoms with Crippen LogP contribution >= 0.6 is 0 Å². The van der Waals surface area contributed by atoms with E-state index in [-0.39, 0.29) is 5.75 Å². The Morgan fingerprint density at radius 3 is 2.79 bits per heavy atom. The zero-order chi connectivity index (χ0) is 19.7. The number of nitrogens with one attached hydrogen (secondary N) is 1. The lowest BCUT2D eigenvalue weighted by Gasteiger charge is -2.38. The van der Waals surface area contributed by atoms with E-state index in [0.717, 1.165) is 27.6 Å². The summed E-state index contributed by atoms with van der Waals surface area (Å²) in [6.07, 6.45) is 6.70. The molecule has 1 unspecified atom stereocenters. The van der Waals surface area contributed by atoms with E-state index in [4.69, 9.17) is 0 Å². The number of pyridine rings is 2. The van der Waals surface area contributed by atoms with Crippen molar-refractivity contribution in [2.45, 2.75) is 5.37 Å². The van der Waals surface area contributed by atoms with Crippen LogP contribution in [0.5, 0.6) is 0 Å². The van der Waals surface area contributed by atoms with Crippen LogP contribution in [0.4, 0.5) is 5.69 Å². The number of hydrogen-bond donors (Lipinski definition) is 1. The second kappa shape index (κ2) is 7.22. The van der Waals surface area contributed by atoms with Gasteiger partial charge in [-0.1, -0.05) is 6.08 Å². The van der Waals surface area contributed by atoms with Crippen molar-refractivity contribution in [2.24, 2.45) is 0 Å². The smallest absolute Gasteiger partial charge is 0.201 e. The third-order valence-corrected chi connectivity index (χ3v) is 6.84. The van der Waals surface area contributed by atoms with Gasteiger partial charge in [0, 0.05) is 55.0 Å². The van der Waals surface area contributed by atoms with Crippen molar-refractivity contribution in [3.8, 4) is 6.07 Å². The largest absolute Gasteiger partial charge is 0.368 e. The van der Waals surface area contributed by atoms with Gasteiger partial charge in [-0.2, -0.15) is 5.26 Å². The fourth-order valence-corrected chi connectivity index (χ4v) is 5.08. The minimum absolute atomic E-state index is 0.196.